The molecule has 0 unspecified atom stereocenters. The van der Waals surface area contributed by atoms with Gasteiger partial charge in [-0.1, -0.05) is 36.4 Å². The molecule has 4 nitrogen and oxygen atoms in total. The van der Waals surface area contributed by atoms with Crippen molar-refractivity contribution in [3.8, 4) is 11.8 Å². The van der Waals surface area contributed by atoms with Crippen LogP contribution in [0.1, 0.15) is 17.3 Å². The summed E-state index contributed by atoms with van der Waals surface area (Å²) in [6.45, 7) is 2.49. The van der Waals surface area contributed by atoms with E-state index in [1.807, 2.05) is 43.3 Å². The standard InChI is InChI=1S/C18H16N2O2/c1-2-22-17-10-6-9-16(11-17)20-13-15(12-19)18(21)14-7-4-3-5-8-14/h3-11,13,20H,2H2,1H3/b15-13+. The van der Waals surface area contributed by atoms with Gasteiger partial charge in [-0.15, -0.1) is 0 Å². The van der Waals surface area contributed by atoms with Crippen LogP contribution >= 0.6 is 0 Å². The van der Waals surface area contributed by atoms with Crippen molar-refractivity contribution in [2.45, 2.75) is 6.92 Å². The quantitative estimate of drug-likeness (QED) is 0.500. The highest BCUT2D eigenvalue weighted by atomic mass is 16.5. The monoisotopic (exact) mass is 292 g/mol. The van der Waals surface area contributed by atoms with Crippen molar-refractivity contribution >= 4 is 11.5 Å². The molecule has 2 rings (SSSR count). The molecule has 0 saturated carbocycles. The Balaban J connectivity index is 2.15. The Bertz CT molecular complexity index is 715. The van der Waals surface area contributed by atoms with E-state index in [0.717, 1.165) is 11.4 Å². The summed E-state index contributed by atoms with van der Waals surface area (Å²) in [4.78, 5) is 12.2. The number of carbonyl (C=O) groups is 1. The minimum atomic E-state index is -0.309. The van der Waals surface area contributed by atoms with Crippen molar-refractivity contribution in [1.29, 1.82) is 5.26 Å². The Morgan fingerprint density at radius 2 is 2.00 bits per heavy atom. The Kier molecular flexibility index (Phi) is 5.33. The van der Waals surface area contributed by atoms with Crippen molar-refractivity contribution in [2.24, 2.45) is 0 Å². The van der Waals surface area contributed by atoms with E-state index in [4.69, 9.17) is 4.74 Å². The van der Waals surface area contributed by atoms with Gasteiger partial charge in [-0.2, -0.15) is 5.26 Å². The molecule has 0 spiro atoms. The Labute approximate surface area is 129 Å². The van der Waals surface area contributed by atoms with Crippen LogP contribution in [0.25, 0.3) is 0 Å². The number of nitriles is 1. The number of Topliss-reactive ketones (excluding diaryl/α,β-unsaturated/α-hetero) is 1. The lowest BCUT2D eigenvalue weighted by atomic mass is 10.1. The minimum absolute atomic E-state index is 0.0491. The minimum Gasteiger partial charge on any atom is -0.494 e. The van der Waals surface area contributed by atoms with Crippen molar-refractivity contribution < 1.29 is 9.53 Å². The zero-order valence-corrected chi connectivity index (χ0v) is 12.2. The summed E-state index contributed by atoms with van der Waals surface area (Å²) >= 11 is 0. The highest BCUT2D eigenvalue weighted by Crippen LogP contribution is 2.18. The van der Waals surface area contributed by atoms with E-state index >= 15 is 0 Å². The van der Waals surface area contributed by atoms with Gasteiger partial charge >= 0.3 is 0 Å². The molecule has 0 amide bonds. The van der Waals surface area contributed by atoms with Gasteiger partial charge in [-0.05, 0) is 19.1 Å². The number of nitrogens with one attached hydrogen (secondary N) is 1. The van der Waals surface area contributed by atoms with Crippen LogP contribution in [-0.4, -0.2) is 12.4 Å². The summed E-state index contributed by atoms with van der Waals surface area (Å²) in [5.74, 6) is 0.422. The van der Waals surface area contributed by atoms with Crippen LogP contribution in [0.4, 0.5) is 5.69 Å². The average Bonchev–Trinajstić information content (AvgIpc) is 2.57. The molecular weight excluding hydrogens is 276 g/mol. The Morgan fingerprint density at radius 3 is 2.68 bits per heavy atom. The van der Waals surface area contributed by atoms with Crippen LogP contribution in [0.5, 0.6) is 5.75 Å². The number of rotatable bonds is 6. The number of nitrogens with zero attached hydrogens (tertiary/aromatic N) is 1. The summed E-state index contributed by atoms with van der Waals surface area (Å²) in [6.07, 6.45) is 1.42. The highest BCUT2D eigenvalue weighted by molar-refractivity contribution is 6.11. The lowest BCUT2D eigenvalue weighted by Crippen LogP contribution is -2.04. The second-order valence-electron chi connectivity index (χ2n) is 4.47. The predicted molar refractivity (Wildman–Crippen MR) is 85.7 cm³/mol. The molecule has 0 aliphatic carbocycles. The van der Waals surface area contributed by atoms with Crippen LogP contribution in [-0.2, 0) is 0 Å². The van der Waals surface area contributed by atoms with Gasteiger partial charge in [0, 0.05) is 23.5 Å². The zero-order chi connectivity index (χ0) is 15.8. The maximum Gasteiger partial charge on any atom is 0.205 e. The third-order valence-corrected chi connectivity index (χ3v) is 2.93. The van der Waals surface area contributed by atoms with Gasteiger partial charge in [0.05, 0.1) is 6.61 Å². The number of allylic oxidation sites excluding steroid dienone is 1. The van der Waals surface area contributed by atoms with E-state index in [1.165, 1.54) is 6.20 Å². The summed E-state index contributed by atoms with van der Waals surface area (Å²) in [7, 11) is 0. The van der Waals surface area contributed by atoms with E-state index in [9.17, 15) is 10.1 Å². The molecule has 0 atom stereocenters. The van der Waals surface area contributed by atoms with Crippen molar-refractivity contribution in [1.82, 2.24) is 0 Å². The lowest BCUT2D eigenvalue weighted by Gasteiger charge is -2.06. The van der Waals surface area contributed by atoms with Gasteiger partial charge in [0.1, 0.15) is 17.4 Å². The SMILES string of the molecule is CCOc1cccc(N/C=C(\C#N)C(=O)c2ccccc2)c1. The molecule has 0 heterocycles. The van der Waals surface area contributed by atoms with Crippen LogP contribution in [0.15, 0.2) is 66.4 Å². The number of carbonyl (C=O) groups excluding carboxylic acids is 1. The number of hydrogen-bond donors (Lipinski definition) is 1. The fourth-order valence-electron chi connectivity index (χ4n) is 1.89. The predicted octanol–water partition coefficient (Wildman–Crippen LogP) is 3.79. The molecule has 0 radical (unpaired) electrons. The molecule has 0 fully saturated rings. The molecule has 0 aliphatic rings. The fraction of sp³-hybridized carbons (Fsp3) is 0.111. The van der Waals surface area contributed by atoms with Crippen molar-refractivity contribution in [3.05, 3.63) is 71.9 Å². The first kappa shape index (κ1) is 15.3. The van der Waals surface area contributed by atoms with Crippen molar-refractivity contribution in [2.75, 3.05) is 11.9 Å². The second kappa shape index (κ2) is 7.65. The van der Waals surface area contributed by atoms with E-state index < -0.39 is 0 Å². The third kappa shape index (κ3) is 3.97. The van der Waals surface area contributed by atoms with Gasteiger partial charge in [-0.3, -0.25) is 4.79 Å². The largest absolute Gasteiger partial charge is 0.494 e. The van der Waals surface area contributed by atoms with Gasteiger partial charge in [0.25, 0.3) is 0 Å². The first-order valence-corrected chi connectivity index (χ1v) is 6.94. The highest BCUT2D eigenvalue weighted by Gasteiger charge is 2.11. The van der Waals surface area contributed by atoms with Gasteiger partial charge in [-0.25, -0.2) is 0 Å². The van der Waals surface area contributed by atoms with Gasteiger partial charge in [0.15, 0.2) is 0 Å². The van der Waals surface area contributed by atoms with E-state index in [-0.39, 0.29) is 11.4 Å². The van der Waals surface area contributed by atoms with E-state index in [1.54, 1.807) is 24.3 Å². The maximum atomic E-state index is 12.2. The average molecular weight is 292 g/mol. The van der Waals surface area contributed by atoms with Gasteiger partial charge < -0.3 is 10.1 Å². The molecular formula is C18H16N2O2. The smallest absolute Gasteiger partial charge is 0.205 e. The Hall–Kier alpha value is -3.06. The molecule has 4 heteroatoms. The molecule has 0 aliphatic heterocycles. The molecule has 22 heavy (non-hydrogen) atoms. The fourth-order valence-corrected chi connectivity index (χ4v) is 1.89. The zero-order valence-electron chi connectivity index (χ0n) is 12.2. The number of anilines is 1. The molecule has 2 aromatic carbocycles. The first-order valence-electron chi connectivity index (χ1n) is 6.94. The maximum absolute atomic E-state index is 12.2. The molecule has 0 saturated heterocycles. The van der Waals surface area contributed by atoms with Crippen LogP contribution in [0.3, 0.4) is 0 Å². The second-order valence-corrected chi connectivity index (χ2v) is 4.47. The van der Waals surface area contributed by atoms with Crippen LogP contribution in [0.2, 0.25) is 0 Å². The third-order valence-electron chi connectivity index (χ3n) is 2.93. The van der Waals surface area contributed by atoms with Gasteiger partial charge in [0.2, 0.25) is 5.78 Å². The number of ether oxygens (including phenoxy) is 1. The number of ketones is 1. The lowest BCUT2D eigenvalue weighted by molar-refractivity contribution is 0.103. The molecule has 0 aromatic heterocycles. The molecule has 2 aromatic rings. The molecule has 1 N–H and O–H groups in total. The van der Waals surface area contributed by atoms with E-state index in [0.29, 0.717) is 12.2 Å². The molecule has 110 valence electrons. The summed E-state index contributed by atoms with van der Waals surface area (Å²) in [6, 6.07) is 18.0. The van der Waals surface area contributed by atoms with Crippen LogP contribution in [0, 0.1) is 11.3 Å². The van der Waals surface area contributed by atoms with Crippen molar-refractivity contribution in [3.63, 3.8) is 0 Å². The Morgan fingerprint density at radius 1 is 1.23 bits per heavy atom. The van der Waals surface area contributed by atoms with Crippen LogP contribution < -0.4 is 10.1 Å². The normalized spacial score (nSPS) is 10.6. The topological polar surface area (TPSA) is 62.1 Å². The summed E-state index contributed by atoms with van der Waals surface area (Å²) in [5.41, 5.74) is 1.28. The summed E-state index contributed by atoms with van der Waals surface area (Å²) < 4.78 is 5.40. The van der Waals surface area contributed by atoms with E-state index in [2.05, 4.69) is 5.32 Å². The first-order chi connectivity index (χ1) is 10.7. The summed E-state index contributed by atoms with van der Waals surface area (Å²) in [5, 5.41) is 12.1. The number of benzene rings is 2. The number of hydrogen-bond acceptors (Lipinski definition) is 4. The molecule has 0 bridgehead atoms.